The molecular weight excluding hydrogens is 232 g/mol. The van der Waals surface area contributed by atoms with Crippen LogP contribution in [0.25, 0.3) is 0 Å². The van der Waals surface area contributed by atoms with Gasteiger partial charge in [0.05, 0.1) is 5.60 Å². The number of hydrogen-bond donors (Lipinski definition) is 1. The number of rotatable bonds is 1. The fraction of sp³-hybridized carbons (Fsp3) is 0.889. The lowest BCUT2D eigenvalue weighted by molar-refractivity contribution is -0.0174. The average Bonchev–Trinajstić information content (AvgIpc) is 2.98. The minimum Gasteiger partial charge on any atom is -0.385 e. The van der Waals surface area contributed by atoms with Crippen LogP contribution in [0.15, 0.2) is 11.6 Å². The molecule has 1 N–H and O–H groups in total. The molecule has 2 bridgehead atoms. The Hall–Kier alpha value is -0.300. The van der Waals surface area contributed by atoms with Gasteiger partial charge in [-0.25, -0.2) is 0 Å². The highest BCUT2D eigenvalue weighted by Crippen LogP contribution is 2.64. The smallest absolute Gasteiger partial charge is 0.0890 e. The Labute approximate surface area is 117 Å². The summed E-state index contributed by atoms with van der Waals surface area (Å²) in [6, 6.07) is 0. The number of allylic oxidation sites excluding steroid dienone is 1. The van der Waals surface area contributed by atoms with Gasteiger partial charge in [-0.1, -0.05) is 25.3 Å². The van der Waals surface area contributed by atoms with E-state index in [0.717, 1.165) is 24.2 Å². The first-order chi connectivity index (χ1) is 9.29. The normalized spacial score (nSPS) is 49.6. The Morgan fingerprint density at radius 1 is 1.00 bits per heavy atom. The van der Waals surface area contributed by atoms with Gasteiger partial charge >= 0.3 is 0 Å². The molecule has 0 aromatic heterocycles. The molecule has 0 aliphatic heterocycles. The lowest BCUT2D eigenvalue weighted by Gasteiger charge is -2.41. The predicted molar refractivity (Wildman–Crippen MR) is 77.8 cm³/mol. The molecule has 0 spiro atoms. The summed E-state index contributed by atoms with van der Waals surface area (Å²) in [5.41, 5.74) is 1.07. The van der Waals surface area contributed by atoms with Gasteiger partial charge in [-0.15, -0.1) is 0 Å². The van der Waals surface area contributed by atoms with Crippen molar-refractivity contribution in [2.75, 3.05) is 0 Å². The zero-order valence-corrected chi connectivity index (χ0v) is 12.1. The van der Waals surface area contributed by atoms with Crippen molar-refractivity contribution in [1.29, 1.82) is 0 Å². The summed E-state index contributed by atoms with van der Waals surface area (Å²) in [4.78, 5) is 0. The maximum atomic E-state index is 11.4. The highest BCUT2D eigenvalue weighted by Gasteiger charge is 2.61. The molecule has 5 atom stereocenters. The Balaban J connectivity index is 1.60. The fourth-order valence-electron chi connectivity index (χ4n) is 6.07. The van der Waals surface area contributed by atoms with Crippen molar-refractivity contribution in [2.45, 2.75) is 76.2 Å². The van der Waals surface area contributed by atoms with Crippen molar-refractivity contribution in [3.05, 3.63) is 11.6 Å². The van der Waals surface area contributed by atoms with Gasteiger partial charge in [0.25, 0.3) is 0 Å². The van der Waals surface area contributed by atoms with Gasteiger partial charge in [-0.3, -0.25) is 0 Å². The van der Waals surface area contributed by atoms with Crippen molar-refractivity contribution in [1.82, 2.24) is 0 Å². The van der Waals surface area contributed by atoms with Crippen molar-refractivity contribution in [2.24, 2.45) is 23.7 Å². The van der Waals surface area contributed by atoms with E-state index < -0.39 is 0 Å². The third kappa shape index (κ3) is 1.84. The Morgan fingerprint density at radius 3 is 2.79 bits per heavy atom. The summed E-state index contributed by atoms with van der Waals surface area (Å²) < 4.78 is 0. The minimum atomic E-state index is -0.381. The molecular formula is C18H28O. The van der Waals surface area contributed by atoms with Crippen LogP contribution in [-0.2, 0) is 0 Å². The van der Waals surface area contributed by atoms with E-state index in [0.29, 0.717) is 5.92 Å². The monoisotopic (exact) mass is 260 g/mol. The van der Waals surface area contributed by atoms with Gasteiger partial charge in [0.15, 0.2) is 0 Å². The van der Waals surface area contributed by atoms with Crippen LogP contribution in [0.3, 0.4) is 0 Å². The quantitative estimate of drug-likeness (QED) is 0.690. The lowest BCUT2D eigenvalue weighted by atomic mass is 9.68. The van der Waals surface area contributed by atoms with Crippen molar-refractivity contribution in [3.8, 4) is 0 Å². The van der Waals surface area contributed by atoms with E-state index in [4.69, 9.17) is 0 Å². The maximum Gasteiger partial charge on any atom is 0.0890 e. The van der Waals surface area contributed by atoms with E-state index >= 15 is 0 Å². The van der Waals surface area contributed by atoms with Crippen molar-refractivity contribution >= 4 is 0 Å². The summed E-state index contributed by atoms with van der Waals surface area (Å²) in [6.45, 7) is 0. The molecule has 1 nitrogen and oxygen atoms in total. The number of hydrogen-bond acceptors (Lipinski definition) is 1. The van der Waals surface area contributed by atoms with Crippen LogP contribution in [0, 0.1) is 23.7 Å². The molecule has 0 aromatic carbocycles. The molecule has 4 aliphatic rings. The second-order valence-electron chi connectivity index (χ2n) is 7.67. The second-order valence-corrected chi connectivity index (χ2v) is 7.67. The molecule has 0 radical (unpaired) electrons. The van der Waals surface area contributed by atoms with Crippen LogP contribution in [0.5, 0.6) is 0 Å². The minimum absolute atomic E-state index is 0.381. The highest BCUT2D eigenvalue weighted by atomic mass is 16.3. The first-order valence-corrected chi connectivity index (χ1v) is 8.71. The first kappa shape index (κ1) is 12.4. The first-order valence-electron chi connectivity index (χ1n) is 8.71. The van der Waals surface area contributed by atoms with Crippen LogP contribution in [0.4, 0.5) is 0 Å². The summed E-state index contributed by atoms with van der Waals surface area (Å²) in [5, 5.41) is 11.4. The predicted octanol–water partition coefficient (Wildman–Crippen LogP) is 4.45. The average molecular weight is 260 g/mol. The zero-order valence-electron chi connectivity index (χ0n) is 12.1. The lowest BCUT2D eigenvalue weighted by Crippen LogP contribution is -2.43. The van der Waals surface area contributed by atoms with Crippen LogP contribution in [-0.4, -0.2) is 10.7 Å². The Morgan fingerprint density at radius 2 is 1.84 bits per heavy atom. The van der Waals surface area contributed by atoms with Crippen molar-refractivity contribution < 1.29 is 5.11 Å². The topological polar surface area (TPSA) is 20.2 Å². The molecule has 4 rings (SSSR count). The summed E-state index contributed by atoms with van der Waals surface area (Å²) in [6.07, 6.45) is 16.9. The van der Waals surface area contributed by atoms with Gasteiger partial charge < -0.3 is 5.11 Å². The standard InChI is InChI=1S/C18H28O/c19-18(14-7-4-2-1-3-5-8-14)12-13-11-17(18)16-10-6-9-15(13)16/h7,13,15-17,19H,1-6,8-12H2. The molecule has 0 amide bonds. The number of aliphatic hydroxyl groups is 1. The highest BCUT2D eigenvalue weighted by molar-refractivity contribution is 5.26. The second kappa shape index (κ2) is 4.62. The number of fused-ring (bicyclic) bond motifs is 5. The third-order valence-electron chi connectivity index (χ3n) is 6.84. The molecule has 1 heteroatoms. The van der Waals surface area contributed by atoms with Gasteiger partial charge in [-0.05, 0) is 80.6 Å². The maximum absolute atomic E-state index is 11.4. The third-order valence-corrected chi connectivity index (χ3v) is 6.84. The van der Waals surface area contributed by atoms with E-state index in [2.05, 4.69) is 6.08 Å². The van der Waals surface area contributed by atoms with E-state index in [9.17, 15) is 5.11 Å². The van der Waals surface area contributed by atoms with Crippen LogP contribution >= 0.6 is 0 Å². The molecule has 3 saturated carbocycles. The molecule has 0 aromatic rings. The van der Waals surface area contributed by atoms with Crippen LogP contribution in [0.1, 0.15) is 70.6 Å². The van der Waals surface area contributed by atoms with Gasteiger partial charge in [0.2, 0.25) is 0 Å². The Bertz CT molecular complexity index is 385. The molecule has 3 fully saturated rings. The SMILES string of the molecule is OC1(C2=CCCCCCC2)CC2CC1C1CCCC21. The van der Waals surface area contributed by atoms with E-state index in [1.807, 2.05) is 0 Å². The van der Waals surface area contributed by atoms with E-state index in [1.165, 1.54) is 69.8 Å². The van der Waals surface area contributed by atoms with E-state index in [-0.39, 0.29) is 5.60 Å². The molecule has 4 aliphatic carbocycles. The van der Waals surface area contributed by atoms with Gasteiger partial charge in [-0.2, -0.15) is 0 Å². The zero-order chi connectivity index (χ0) is 12.9. The molecule has 0 heterocycles. The van der Waals surface area contributed by atoms with E-state index in [1.54, 1.807) is 0 Å². The summed E-state index contributed by atoms with van der Waals surface area (Å²) in [7, 11) is 0. The van der Waals surface area contributed by atoms with Crippen molar-refractivity contribution in [3.63, 3.8) is 0 Å². The van der Waals surface area contributed by atoms with Gasteiger partial charge in [0.1, 0.15) is 0 Å². The molecule has 19 heavy (non-hydrogen) atoms. The fourth-order valence-corrected chi connectivity index (χ4v) is 6.07. The molecule has 106 valence electrons. The molecule has 0 saturated heterocycles. The van der Waals surface area contributed by atoms with Crippen LogP contribution in [0.2, 0.25) is 0 Å². The summed E-state index contributed by atoms with van der Waals surface area (Å²) in [5.74, 6) is 3.33. The Kier molecular flexibility index (Phi) is 3.02. The summed E-state index contributed by atoms with van der Waals surface area (Å²) >= 11 is 0. The largest absolute Gasteiger partial charge is 0.385 e. The van der Waals surface area contributed by atoms with Crippen LogP contribution < -0.4 is 0 Å². The molecule has 5 unspecified atom stereocenters. The van der Waals surface area contributed by atoms with Gasteiger partial charge in [0, 0.05) is 0 Å².